The summed E-state index contributed by atoms with van der Waals surface area (Å²) in [5.41, 5.74) is 0. The Kier molecular flexibility index (Phi) is 3.86. The zero-order valence-electron chi connectivity index (χ0n) is 10.1. The maximum Gasteiger partial charge on any atom is 0.323 e. The number of amides is 2. The Hall–Kier alpha value is -1.26. The Labute approximate surface area is 101 Å². The van der Waals surface area contributed by atoms with Crippen molar-refractivity contribution in [3.63, 3.8) is 0 Å². The maximum absolute atomic E-state index is 12.3. The van der Waals surface area contributed by atoms with Crippen LogP contribution in [0.3, 0.4) is 0 Å². The van der Waals surface area contributed by atoms with Crippen LogP contribution in [0.5, 0.6) is 0 Å². The standard InChI is InChI=1S/C12H20N2O3/c15-11(16)9-14(10-5-6-10)12(17)13-7-3-1-2-4-8-13/h10H,1-9H2,(H,15,16). The predicted molar refractivity (Wildman–Crippen MR) is 62.8 cm³/mol. The minimum absolute atomic E-state index is 0.0724. The van der Waals surface area contributed by atoms with E-state index in [1.54, 1.807) is 0 Å². The van der Waals surface area contributed by atoms with Gasteiger partial charge in [0.2, 0.25) is 0 Å². The number of likely N-dealkylation sites (tertiary alicyclic amines) is 1. The van der Waals surface area contributed by atoms with Gasteiger partial charge in [0, 0.05) is 19.1 Å². The molecule has 0 radical (unpaired) electrons. The van der Waals surface area contributed by atoms with Gasteiger partial charge in [-0.15, -0.1) is 0 Å². The number of urea groups is 1. The number of nitrogens with zero attached hydrogens (tertiary/aromatic N) is 2. The van der Waals surface area contributed by atoms with Gasteiger partial charge in [-0.25, -0.2) is 4.79 Å². The Balaban J connectivity index is 1.96. The zero-order valence-corrected chi connectivity index (χ0v) is 10.1. The fraction of sp³-hybridized carbons (Fsp3) is 0.833. The van der Waals surface area contributed by atoms with Gasteiger partial charge >= 0.3 is 12.0 Å². The lowest BCUT2D eigenvalue weighted by Crippen LogP contribution is -2.46. The van der Waals surface area contributed by atoms with E-state index in [2.05, 4.69) is 0 Å². The first-order chi connectivity index (χ1) is 8.18. The number of carbonyl (C=O) groups excluding carboxylic acids is 1. The molecule has 0 aromatic heterocycles. The largest absolute Gasteiger partial charge is 0.480 e. The molecule has 0 bridgehead atoms. The van der Waals surface area contributed by atoms with Crippen molar-refractivity contribution in [1.29, 1.82) is 0 Å². The van der Waals surface area contributed by atoms with E-state index in [-0.39, 0.29) is 18.6 Å². The van der Waals surface area contributed by atoms with Crippen molar-refractivity contribution in [3.8, 4) is 0 Å². The zero-order chi connectivity index (χ0) is 12.3. The van der Waals surface area contributed by atoms with Gasteiger partial charge in [0.05, 0.1) is 0 Å². The second-order valence-corrected chi connectivity index (χ2v) is 4.94. The monoisotopic (exact) mass is 240 g/mol. The van der Waals surface area contributed by atoms with Crippen molar-refractivity contribution in [2.45, 2.75) is 44.6 Å². The molecule has 17 heavy (non-hydrogen) atoms. The average molecular weight is 240 g/mol. The Morgan fingerprint density at radius 3 is 2.18 bits per heavy atom. The summed E-state index contributed by atoms with van der Waals surface area (Å²) in [6, 6.07) is 0.0960. The van der Waals surface area contributed by atoms with Crippen LogP contribution in [0.1, 0.15) is 38.5 Å². The lowest BCUT2D eigenvalue weighted by atomic mass is 10.2. The molecule has 5 nitrogen and oxygen atoms in total. The highest BCUT2D eigenvalue weighted by atomic mass is 16.4. The highest BCUT2D eigenvalue weighted by Crippen LogP contribution is 2.28. The first-order valence-electron chi connectivity index (χ1n) is 6.46. The van der Waals surface area contributed by atoms with Crippen molar-refractivity contribution in [3.05, 3.63) is 0 Å². The molecule has 5 heteroatoms. The first kappa shape index (κ1) is 12.2. The van der Waals surface area contributed by atoms with Crippen LogP contribution in [0.15, 0.2) is 0 Å². The van der Waals surface area contributed by atoms with Gasteiger partial charge < -0.3 is 14.9 Å². The topological polar surface area (TPSA) is 60.9 Å². The van der Waals surface area contributed by atoms with Crippen LogP contribution in [-0.4, -0.2) is 52.6 Å². The van der Waals surface area contributed by atoms with E-state index >= 15 is 0 Å². The number of rotatable bonds is 3. The number of carboxylic acids is 1. The van der Waals surface area contributed by atoms with Crippen LogP contribution in [0.4, 0.5) is 4.79 Å². The van der Waals surface area contributed by atoms with E-state index in [0.717, 1.165) is 38.8 Å². The third-order valence-electron chi connectivity index (χ3n) is 3.42. The van der Waals surface area contributed by atoms with Crippen molar-refractivity contribution in [2.24, 2.45) is 0 Å². The molecule has 0 spiro atoms. The quantitative estimate of drug-likeness (QED) is 0.813. The lowest BCUT2D eigenvalue weighted by molar-refractivity contribution is -0.137. The summed E-state index contributed by atoms with van der Waals surface area (Å²) >= 11 is 0. The number of carboxylic acid groups (broad SMARTS) is 1. The van der Waals surface area contributed by atoms with Crippen LogP contribution in [-0.2, 0) is 4.79 Å². The molecular formula is C12H20N2O3. The van der Waals surface area contributed by atoms with E-state index in [1.165, 1.54) is 17.7 Å². The summed E-state index contributed by atoms with van der Waals surface area (Å²) in [6.45, 7) is 1.41. The Bertz CT molecular complexity index is 294. The van der Waals surface area contributed by atoms with Gasteiger partial charge in [-0.1, -0.05) is 12.8 Å². The second kappa shape index (κ2) is 5.38. The maximum atomic E-state index is 12.3. The second-order valence-electron chi connectivity index (χ2n) is 4.94. The summed E-state index contributed by atoms with van der Waals surface area (Å²) in [5.74, 6) is -0.917. The van der Waals surface area contributed by atoms with Crippen molar-refractivity contribution < 1.29 is 14.7 Å². The molecule has 1 saturated carbocycles. The molecule has 2 fully saturated rings. The summed E-state index contributed by atoms with van der Waals surface area (Å²) < 4.78 is 0. The molecule has 0 aromatic carbocycles. The van der Waals surface area contributed by atoms with Gasteiger partial charge in [-0.3, -0.25) is 4.79 Å². The number of hydrogen-bond donors (Lipinski definition) is 1. The molecule has 2 amide bonds. The number of hydrogen-bond acceptors (Lipinski definition) is 2. The lowest BCUT2D eigenvalue weighted by Gasteiger charge is -2.28. The number of carbonyl (C=O) groups is 2. The first-order valence-corrected chi connectivity index (χ1v) is 6.46. The van der Waals surface area contributed by atoms with Crippen LogP contribution in [0, 0.1) is 0 Å². The van der Waals surface area contributed by atoms with E-state index in [1.807, 2.05) is 4.90 Å². The molecule has 0 aromatic rings. The molecule has 2 aliphatic rings. The van der Waals surface area contributed by atoms with Crippen LogP contribution >= 0.6 is 0 Å². The summed E-state index contributed by atoms with van der Waals surface area (Å²) in [4.78, 5) is 26.4. The smallest absolute Gasteiger partial charge is 0.323 e. The van der Waals surface area contributed by atoms with Crippen LogP contribution in [0.25, 0.3) is 0 Å². The molecule has 0 atom stereocenters. The van der Waals surface area contributed by atoms with Gasteiger partial charge in [-0.2, -0.15) is 0 Å². The highest BCUT2D eigenvalue weighted by Gasteiger charge is 2.36. The third-order valence-corrected chi connectivity index (χ3v) is 3.42. The fourth-order valence-corrected chi connectivity index (χ4v) is 2.33. The van der Waals surface area contributed by atoms with Gasteiger partial charge in [0.1, 0.15) is 6.54 Å². The Morgan fingerprint density at radius 1 is 1.12 bits per heavy atom. The van der Waals surface area contributed by atoms with Crippen LogP contribution < -0.4 is 0 Å². The van der Waals surface area contributed by atoms with E-state index in [9.17, 15) is 9.59 Å². The molecule has 1 saturated heterocycles. The SMILES string of the molecule is O=C(O)CN(C(=O)N1CCCCCC1)C1CC1. The molecule has 1 aliphatic heterocycles. The van der Waals surface area contributed by atoms with Gasteiger partial charge in [0.25, 0.3) is 0 Å². The average Bonchev–Trinajstić information content (AvgIpc) is 3.10. The number of aliphatic carboxylic acids is 1. The van der Waals surface area contributed by atoms with Gasteiger partial charge in [0.15, 0.2) is 0 Å². The minimum Gasteiger partial charge on any atom is -0.480 e. The van der Waals surface area contributed by atoms with E-state index in [4.69, 9.17) is 5.11 Å². The highest BCUT2D eigenvalue weighted by molar-refractivity contribution is 5.80. The fourth-order valence-electron chi connectivity index (χ4n) is 2.33. The van der Waals surface area contributed by atoms with E-state index < -0.39 is 5.97 Å². The third kappa shape index (κ3) is 3.35. The van der Waals surface area contributed by atoms with Crippen molar-refractivity contribution in [2.75, 3.05) is 19.6 Å². The molecule has 0 unspecified atom stereocenters. The molecule has 1 aliphatic carbocycles. The molecule has 2 rings (SSSR count). The summed E-state index contributed by atoms with van der Waals surface area (Å²) in [5, 5.41) is 8.85. The molecular weight excluding hydrogens is 220 g/mol. The minimum atomic E-state index is -0.917. The molecule has 96 valence electrons. The normalized spacial score (nSPS) is 20.8. The Morgan fingerprint density at radius 2 is 1.71 bits per heavy atom. The van der Waals surface area contributed by atoms with Crippen LogP contribution in [0.2, 0.25) is 0 Å². The molecule has 1 N–H and O–H groups in total. The van der Waals surface area contributed by atoms with Crippen molar-refractivity contribution >= 4 is 12.0 Å². The van der Waals surface area contributed by atoms with Gasteiger partial charge in [-0.05, 0) is 25.7 Å². The van der Waals surface area contributed by atoms with Crippen molar-refractivity contribution in [1.82, 2.24) is 9.80 Å². The summed E-state index contributed by atoms with van der Waals surface area (Å²) in [7, 11) is 0. The predicted octanol–water partition coefficient (Wildman–Crippen LogP) is 1.53. The summed E-state index contributed by atoms with van der Waals surface area (Å²) in [6.07, 6.45) is 6.33. The van der Waals surface area contributed by atoms with E-state index in [0.29, 0.717) is 0 Å². The molecule has 1 heterocycles.